The molecule has 2 heterocycles. The zero-order valence-corrected chi connectivity index (χ0v) is 17.7. The predicted molar refractivity (Wildman–Crippen MR) is 120 cm³/mol. The van der Waals surface area contributed by atoms with Crippen molar-refractivity contribution < 1.29 is 4.79 Å². The van der Waals surface area contributed by atoms with E-state index in [1.54, 1.807) is 0 Å². The second kappa shape index (κ2) is 9.75. The molecule has 1 fully saturated rings. The number of carbonyl (C=O) groups is 1. The smallest absolute Gasteiger partial charge is 0.154 e. The number of hydrogen-bond acceptors (Lipinski definition) is 4. The molecular formula is C24H30ClN3O. The molecule has 2 aromatic rings. The van der Waals surface area contributed by atoms with Gasteiger partial charge in [-0.2, -0.15) is 0 Å². The first-order chi connectivity index (χ1) is 14.2. The molecule has 0 saturated carbocycles. The van der Waals surface area contributed by atoms with Crippen molar-refractivity contribution in [3.63, 3.8) is 0 Å². The molecule has 0 bridgehead atoms. The fourth-order valence-electron chi connectivity index (χ4n) is 4.47. The van der Waals surface area contributed by atoms with Gasteiger partial charge in [-0.15, -0.1) is 0 Å². The van der Waals surface area contributed by atoms with E-state index < -0.39 is 0 Å². The summed E-state index contributed by atoms with van der Waals surface area (Å²) in [6.45, 7) is 6.16. The molecule has 1 unspecified atom stereocenters. The van der Waals surface area contributed by atoms with Crippen molar-refractivity contribution in [1.82, 2.24) is 10.2 Å². The second-order valence-corrected chi connectivity index (χ2v) is 8.50. The van der Waals surface area contributed by atoms with Crippen LogP contribution in [0.1, 0.15) is 36.4 Å². The van der Waals surface area contributed by atoms with Gasteiger partial charge in [0.15, 0.2) is 5.78 Å². The quantitative estimate of drug-likeness (QED) is 0.696. The van der Waals surface area contributed by atoms with E-state index in [1.165, 1.54) is 16.8 Å². The van der Waals surface area contributed by atoms with Crippen molar-refractivity contribution in [3.05, 3.63) is 64.7 Å². The first kappa shape index (κ1) is 20.4. The Morgan fingerprint density at radius 2 is 1.86 bits per heavy atom. The molecule has 0 spiro atoms. The Kier molecular flexibility index (Phi) is 6.86. The number of unbranched alkanes of at least 4 members (excludes halogenated alkanes) is 1. The van der Waals surface area contributed by atoms with Gasteiger partial charge in [-0.1, -0.05) is 41.9 Å². The number of rotatable bonds is 7. The average molecular weight is 412 g/mol. The van der Waals surface area contributed by atoms with E-state index in [0.29, 0.717) is 12.2 Å². The van der Waals surface area contributed by atoms with E-state index >= 15 is 0 Å². The monoisotopic (exact) mass is 411 g/mol. The number of Topliss-reactive ketones (excluding diaryl/α,β-unsaturated/α-hetero) is 1. The van der Waals surface area contributed by atoms with Crippen LogP contribution in [0.2, 0.25) is 5.02 Å². The van der Waals surface area contributed by atoms with Crippen LogP contribution < -0.4 is 10.2 Å². The van der Waals surface area contributed by atoms with Gasteiger partial charge >= 0.3 is 0 Å². The number of nitrogens with one attached hydrogen (secondary N) is 1. The number of carbonyl (C=O) groups excluding carboxylic acids is 1. The van der Waals surface area contributed by atoms with Crippen LogP contribution in [-0.2, 0) is 11.2 Å². The molecule has 4 nitrogen and oxygen atoms in total. The zero-order valence-electron chi connectivity index (χ0n) is 16.9. The average Bonchev–Trinajstić information content (AvgIpc) is 2.76. The summed E-state index contributed by atoms with van der Waals surface area (Å²) in [4.78, 5) is 17.7. The molecule has 4 rings (SSSR count). The highest BCUT2D eigenvalue weighted by atomic mass is 35.5. The van der Waals surface area contributed by atoms with E-state index in [1.807, 2.05) is 24.3 Å². The first-order valence-electron chi connectivity index (χ1n) is 10.8. The number of hydrogen-bond donors (Lipinski definition) is 1. The lowest BCUT2D eigenvalue weighted by Gasteiger charge is -2.36. The van der Waals surface area contributed by atoms with Crippen molar-refractivity contribution in [2.75, 3.05) is 44.2 Å². The van der Waals surface area contributed by atoms with Gasteiger partial charge in [0.25, 0.3) is 0 Å². The summed E-state index contributed by atoms with van der Waals surface area (Å²) < 4.78 is 0. The van der Waals surface area contributed by atoms with Crippen LogP contribution in [0.3, 0.4) is 0 Å². The fourth-order valence-corrected chi connectivity index (χ4v) is 4.66. The van der Waals surface area contributed by atoms with Crippen molar-refractivity contribution in [1.29, 1.82) is 0 Å². The number of halogens is 1. The van der Waals surface area contributed by atoms with Crippen LogP contribution in [0.15, 0.2) is 48.5 Å². The summed E-state index contributed by atoms with van der Waals surface area (Å²) in [7, 11) is 0. The maximum absolute atomic E-state index is 12.7. The standard InChI is InChI=1S/C24H30ClN3O/c25-20-7-5-8-21(18-20)28-16-14-27(15-17-28)13-4-3-10-23(29)24-22-9-2-1-6-19(22)11-12-26-24/h1-2,5-9,18,24,26H,3-4,10-17H2. The van der Waals surface area contributed by atoms with E-state index in [4.69, 9.17) is 11.6 Å². The maximum atomic E-state index is 12.7. The molecule has 1 N–H and O–H groups in total. The summed E-state index contributed by atoms with van der Waals surface area (Å²) in [5.74, 6) is 0.336. The Morgan fingerprint density at radius 1 is 1.03 bits per heavy atom. The molecule has 0 aliphatic carbocycles. The van der Waals surface area contributed by atoms with Gasteiger partial charge in [0.05, 0.1) is 6.04 Å². The van der Waals surface area contributed by atoms with Crippen molar-refractivity contribution in [2.45, 2.75) is 31.7 Å². The van der Waals surface area contributed by atoms with Gasteiger partial charge in [-0.05, 0) is 55.1 Å². The number of piperazine rings is 1. The van der Waals surface area contributed by atoms with Crippen molar-refractivity contribution >= 4 is 23.1 Å². The summed E-state index contributed by atoms with van der Waals surface area (Å²) in [5.41, 5.74) is 3.71. The van der Waals surface area contributed by atoms with Crippen LogP contribution in [0.5, 0.6) is 0 Å². The largest absolute Gasteiger partial charge is 0.369 e. The molecule has 29 heavy (non-hydrogen) atoms. The van der Waals surface area contributed by atoms with E-state index in [2.05, 4.69) is 39.4 Å². The van der Waals surface area contributed by atoms with Gasteiger partial charge < -0.3 is 10.2 Å². The molecule has 5 heteroatoms. The van der Waals surface area contributed by atoms with Crippen molar-refractivity contribution in [3.8, 4) is 0 Å². The Labute approximate surface area is 178 Å². The van der Waals surface area contributed by atoms with Gasteiger partial charge in [0.1, 0.15) is 0 Å². The third-order valence-corrected chi connectivity index (χ3v) is 6.36. The molecule has 2 aliphatic rings. The minimum atomic E-state index is -0.110. The minimum absolute atomic E-state index is 0.110. The minimum Gasteiger partial charge on any atom is -0.369 e. The number of ketones is 1. The Morgan fingerprint density at radius 3 is 2.69 bits per heavy atom. The topological polar surface area (TPSA) is 35.6 Å². The molecule has 0 radical (unpaired) electrons. The summed E-state index contributed by atoms with van der Waals surface area (Å²) >= 11 is 6.12. The van der Waals surface area contributed by atoms with E-state index in [0.717, 1.165) is 63.6 Å². The van der Waals surface area contributed by atoms with Crippen LogP contribution in [0.4, 0.5) is 5.69 Å². The molecule has 2 aliphatic heterocycles. The van der Waals surface area contributed by atoms with Crippen LogP contribution in [-0.4, -0.2) is 50.0 Å². The highest BCUT2D eigenvalue weighted by Crippen LogP contribution is 2.25. The highest BCUT2D eigenvalue weighted by molar-refractivity contribution is 6.30. The van der Waals surface area contributed by atoms with Gasteiger partial charge in [0, 0.05) is 49.9 Å². The van der Waals surface area contributed by atoms with Crippen LogP contribution >= 0.6 is 11.6 Å². The molecular weight excluding hydrogens is 382 g/mol. The molecule has 2 aromatic carbocycles. The fraction of sp³-hybridized carbons (Fsp3) is 0.458. The number of anilines is 1. The molecule has 1 saturated heterocycles. The predicted octanol–water partition coefficient (Wildman–Crippen LogP) is 4.09. The number of benzene rings is 2. The summed E-state index contributed by atoms with van der Waals surface area (Å²) in [6, 6.07) is 16.4. The SMILES string of the molecule is O=C(CCCCN1CCN(c2cccc(Cl)c2)CC1)C1NCCc2ccccc21. The molecule has 154 valence electrons. The number of nitrogens with zero attached hydrogens (tertiary/aromatic N) is 2. The van der Waals surface area contributed by atoms with Gasteiger partial charge in [0.2, 0.25) is 0 Å². The summed E-state index contributed by atoms with van der Waals surface area (Å²) in [5, 5.41) is 4.21. The lowest BCUT2D eigenvalue weighted by atomic mass is 9.90. The number of fused-ring (bicyclic) bond motifs is 1. The maximum Gasteiger partial charge on any atom is 0.154 e. The Bertz CT molecular complexity index is 832. The lowest BCUT2D eigenvalue weighted by molar-refractivity contribution is -0.121. The Hall–Kier alpha value is -1.88. The van der Waals surface area contributed by atoms with Crippen molar-refractivity contribution in [2.24, 2.45) is 0 Å². The summed E-state index contributed by atoms with van der Waals surface area (Å²) in [6.07, 6.45) is 3.72. The first-order valence-corrected chi connectivity index (χ1v) is 11.2. The van der Waals surface area contributed by atoms with Crippen LogP contribution in [0.25, 0.3) is 0 Å². The normalized spacial score (nSPS) is 19.8. The zero-order chi connectivity index (χ0) is 20.1. The molecule has 0 amide bonds. The third kappa shape index (κ3) is 5.19. The Balaban J connectivity index is 1.18. The van der Waals surface area contributed by atoms with Gasteiger partial charge in [-0.25, -0.2) is 0 Å². The third-order valence-electron chi connectivity index (χ3n) is 6.12. The highest BCUT2D eigenvalue weighted by Gasteiger charge is 2.25. The van der Waals surface area contributed by atoms with Gasteiger partial charge in [-0.3, -0.25) is 9.69 Å². The van der Waals surface area contributed by atoms with E-state index in [9.17, 15) is 4.79 Å². The van der Waals surface area contributed by atoms with Crippen LogP contribution in [0, 0.1) is 0 Å². The second-order valence-electron chi connectivity index (χ2n) is 8.07. The van der Waals surface area contributed by atoms with E-state index in [-0.39, 0.29) is 6.04 Å². The molecule has 1 atom stereocenters. The lowest BCUT2D eigenvalue weighted by Crippen LogP contribution is -2.46. The molecule has 0 aromatic heterocycles.